The second-order valence-corrected chi connectivity index (χ2v) is 8.62. The summed E-state index contributed by atoms with van der Waals surface area (Å²) in [5.74, 6) is 0.313. The molecular formula is C27H19ClN6O. The van der Waals surface area contributed by atoms with Crippen molar-refractivity contribution in [1.82, 2.24) is 24.3 Å². The summed E-state index contributed by atoms with van der Waals surface area (Å²) in [6.07, 6.45) is 0. The minimum Gasteiger partial charge on any atom is -0.384 e. The number of halogens is 1. The molecule has 0 saturated heterocycles. The van der Waals surface area contributed by atoms with Crippen LogP contribution in [0.1, 0.15) is 5.56 Å². The Morgan fingerprint density at radius 1 is 0.829 bits per heavy atom. The standard InChI is InChI=1S/C27H19ClN6O/c28-19-13-11-18(12-14-19)23-21-15-22-24(29)33(16-17-7-3-1-4-8-17)27(35)31-25(22)30-26(21)34(32-23)20-9-5-2-6-10-20/h1-15H,16,29H2. The summed E-state index contributed by atoms with van der Waals surface area (Å²) in [5, 5.41) is 6.91. The van der Waals surface area contributed by atoms with Crippen LogP contribution in [0.15, 0.2) is 95.8 Å². The topological polar surface area (TPSA) is 91.6 Å². The number of hydrogen-bond donors (Lipinski definition) is 1. The molecule has 3 aromatic carbocycles. The maximum Gasteiger partial charge on any atom is 0.351 e. The average Bonchev–Trinajstić information content (AvgIpc) is 3.26. The van der Waals surface area contributed by atoms with Gasteiger partial charge in [0.25, 0.3) is 0 Å². The van der Waals surface area contributed by atoms with Gasteiger partial charge in [0.15, 0.2) is 11.3 Å². The molecule has 0 spiro atoms. The van der Waals surface area contributed by atoms with Gasteiger partial charge in [-0.2, -0.15) is 10.1 Å². The molecule has 0 aliphatic carbocycles. The van der Waals surface area contributed by atoms with Crippen LogP contribution in [0.25, 0.3) is 39.0 Å². The Morgan fingerprint density at radius 3 is 2.23 bits per heavy atom. The molecule has 6 aromatic rings. The van der Waals surface area contributed by atoms with Gasteiger partial charge in [-0.15, -0.1) is 0 Å². The van der Waals surface area contributed by atoms with Crippen LogP contribution in [0, 0.1) is 0 Å². The van der Waals surface area contributed by atoms with Crippen LogP contribution in [0.3, 0.4) is 0 Å². The van der Waals surface area contributed by atoms with Crippen molar-refractivity contribution in [2.24, 2.45) is 0 Å². The fraction of sp³-hybridized carbons (Fsp3) is 0.0370. The van der Waals surface area contributed by atoms with E-state index in [4.69, 9.17) is 27.4 Å². The Hall–Kier alpha value is -4.49. The highest BCUT2D eigenvalue weighted by atomic mass is 35.5. The van der Waals surface area contributed by atoms with Crippen LogP contribution in [-0.2, 0) is 6.54 Å². The number of rotatable bonds is 4. The van der Waals surface area contributed by atoms with E-state index in [2.05, 4.69) is 4.98 Å². The second kappa shape index (κ2) is 8.38. The van der Waals surface area contributed by atoms with Gasteiger partial charge in [-0.1, -0.05) is 72.3 Å². The maximum absolute atomic E-state index is 12.9. The van der Waals surface area contributed by atoms with E-state index in [1.807, 2.05) is 91.0 Å². The van der Waals surface area contributed by atoms with Crippen molar-refractivity contribution in [3.63, 3.8) is 0 Å². The molecule has 170 valence electrons. The highest BCUT2D eigenvalue weighted by Gasteiger charge is 2.19. The van der Waals surface area contributed by atoms with Crippen molar-refractivity contribution < 1.29 is 0 Å². The Balaban J connectivity index is 1.63. The third-order valence-electron chi connectivity index (χ3n) is 5.94. The lowest BCUT2D eigenvalue weighted by molar-refractivity contribution is 0.748. The summed E-state index contributed by atoms with van der Waals surface area (Å²) in [4.78, 5) is 21.9. The first kappa shape index (κ1) is 21.1. The smallest absolute Gasteiger partial charge is 0.351 e. The summed E-state index contributed by atoms with van der Waals surface area (Å²) in [6, 6.07) is 28.8. The Kier molecular flexibility index (Phi) is 5.04. The molecule has 0 saturated carbocycles. The quantitative estimate of drug-likeness (QED) is 0.381. The van der Waals surface area contributed by atoms with E-state index in [1.54, 1.807) is 4.68 Å². The largest absolute Gasteiger partial charge is 0.384 e. The maximum atomic E-state index is 12.9. The van der Waals surface area contributed by atoms with Crippen molar-refractivity contribution in [2.75, 3.05) is 5.73 Å². The first-order valence-electron chi connectivity index (χ1n) is 11.0. The van der Waals surface area contributed by atoms with Crippen LogP contribution in [0.2, 0.25) is 5.02 Å². The van der Waals surface area contributed by atoms with Crippen molar-refractivity contribution in [1.29, 1.82) is 0 Å². The Morgan fingerprint density at radius 2 is 1.51 bits per heavy atom. The number of benzene rings is 3. The van der Waals surface area contributed by atoms with Crippen molar-refractivity contribution in [2.45, 2.75) is 6.54 Å². The molecular weight excluding hydrogens is 460 g/mol. The average molecular weight is 479 g/mol. The number of nitrogens with two attached hydrogens (primary N) is 1. The lowest BCUT2D eigenvalue weighted by Crippen LogP contribution is -2.26. The van der Waals surface area contributed by atoms with Crippen molar-refractivity contribution in [3.05, 3.63) is 112 Å². The van der Waals surface area contributed by atoms with Gasteiger partial charge < -0.3 is 5.73 Å². The molecule has 0 aliphatic rings. The summed E-state index contributed by atoms with van der Waals surface area (Å²) in [6.45, 7) is 0.319. The third-order valence-corrected chi connectivity index (χ3v) is 6.19. The number of para-hydroxylation sites is 1. The number of aromatic nitrogens is 5. The van der Waals surface area contributed by atoms with Gasteiger partial charge in [0.05, 0.1) is 17.6 Å². The van der Waals surface area contributed by atoms with Gasteiger partial charge in [0.2, 0.25) is 0 Å². The first-order valence-corrected chi connectivity index (χ1v) is 11.4. The Labute approximate surface area is 205 Å². The zero-order chi connectivity index (χ0) is 23.9. The molecule has 0 atom stereocenters. The monoisotopic (exact) mass is 478 g/mol. The second-order valence-electron chi connectivity index (χ2n) is 8.18. The molecule has 2 N–H and O–H groups in total. The van der Waals surface area contributed by atoms with E-state index >= 15 is 0 Å². The molecule has 0 aliphatic heterocycles. The molecule has 0 fully saturated rings. The van der Waals surface area contributed by atoms with E-state index in [-0.39, 0.29) is 5.65 Å². The number of nitrogens with zero attached hydrogens (tertiary/aromatic N) is 5. The SMILES string of the molecule is Nc1c2cc3c(-c4ccc(Cl)cc4)nn(-c4ccccc4)c3nc2nc(=O)n1Cc1ccccc1. The zero-order valence-electron chi connectivity index (χ0n) is 18.5. The van der Waals surface area contributed by atoms with E-state index in [1.165, 1.54) is 4.57 Å². The fourth-order valence-electron chi connectivity index (χ4n) is 4.19. The van der Waals surface area contributed by atoms with Crippen molar-refractivity contribution >= 4 is 39.5 Å². The summed E-state index contributed by atoms with van der Waals surface area (Å²) < 4.78 is 3.22. The molecule has 7 nitrogen and oxygen atoms in total. The zero-order valence-corrected chi connectivity index (χ0v) is 19.2. The molecule has 0 unspecified atom stereocenters. The van der Waals surface area contributed by atoms with Gasteiger partial charge in [-0.05, 0) is 35.9 Å². The van der Waals surface area contributed by atoms with Gasteiger partial charge in [0, 0.05) is 16.0 Å². The first-order chi connectivity index (χ1) is 17.1. The van der Waals surface area contributed by atoms with Crippen LogP contribution >= 0.6 is 11.6 Å². The van der Waals surface area contributed by atoms with Crippen LogP contribution in [0.5, 0.6) is 0 Å². The number of nitrogen functional groups attached to an aromatic ring is 1. The molecule has 0 radical (unpaired) electrons. The van der Waals surface area contributed by atoms with Crippen LogP contribution in [0.4, 0.5) is 5.82 Å². The minimum absolute atomic E-state index is 0.282. The molecule has 35 heavy (non-hydrogen) atoms. The number of hydrogen-bond acceptors (Lipinski definition) is 5. The molecule has 0 amide bonds. The predicted molar refractivity (Wildman–Crippen MR) is 139 cm³/mol. The summed E-state index contributed by atoms with van der Waals surface area (Å²) >= 11 is 6.12. The number of pyridine rings is 1. The third kappa shape index (κ3) is 3.72. The Bertz CT molecular complexity index is 1740. The normalized spacial score (nSPS) is 11.3. The van der Waals surface area contributed by atoms with E-state index in [9.17, 15) is 4.79 Å². The lowest BCUT2D eigenvalue weighted by Gasteiger charge is -2.11. The highest BCUT2D eigenvalue weighted by Crippen LogP contribution is 2.32. The van der Waals surface area contributed by atoms with Crippen molar-refractivity contribution in [3.8, 4) is 16.9 Å². The van der Waals surface area contributed by atoms with E-state index in [0.717, 1.165) is 27.9 Å². The fourth-order valence-corrected chi connectivity index (χ4v) is 4.32. The molecule has 8 heteroatoms. The lowest BCUT2D eigenvalue weighted by atomic mass is 10.1. The minimum atomic E-state index is -0.450. The van der Waals surface area contributed by atoms with E-state index in [0.29, 0.717) is 28.4 Å². The highest BCUT2D eigenvalue weighted by molar-refractivity contribution is 6.30. The number of anilines is 1. The van der Waals surface area contributed by atoms with E-state index < -0.39 is 5.69 Å². The van der Waals surface area contributed by atoms with Gasteiger partial charge in [-0.3, -0.25) is 4.57 Å². The van der Waals surface area contributed by atoms with Gasteiger partial charge in [0.1, 0.15) is 11.5 Å². The number of fused-ring (bicyclic) bond motifs is 2. The predicted octanol–water partition coefficient (Wildman–Crippen LogP) is 5.08. The summed E-state index contributed by atoms with van der Waals surface area (Å²) in [5.41, 5.74) is 10.4. The van der Waals surface area contributed by atoms with Gasteiger partial charge in [-0.25, -0.2) is 14.5 Å². The van der Waals surface area contributed by atoms with Gasteiger partial charge >= 0.3 is 5.69 Å². The molecule has 6 rings (SSSR count). The van der Waals surface area contributed by atoms with Crippen LogP contribution < -0.4 is 11.4 Å². The molecule has 3 aromatic heterocycles. The summed E-state index contributed by atoms with van der Waals surface area (Å²) in [7, 11) is 0. The van der Waals surface area contributed by atoms with Crippen LogP contribution in [-0.4, -0.2) is 24.3 Å². The molecule has 3 heterocycles. The molecule has 0 bridgehead atoms.